The van der Waals surface area contributed by atoms with Gasteiger partial charge >= 0.3 is 0 Å². The summed E-state index contributed by atoms with van der Waals surface area (Å²) in [4.78, 5) is 23.7. The summed E-state index contributed by atoms with van der Waals surface area (Å²) >= 11 is 5.84. The summed E-state index contributed by atoms with van der Waals surface area (Å²) in [6.45, 7) is -0.127. The number of carbonyl (C=O) groups excluding carboxylic acids is 2. The van der Waals surface area contributed by atoms with Crippen molar-refractivity contribution in [3.8, 4) is 12.1 Å². The lowest BCUT2D eigenvalue weighted by Gasteiger charge is -2.16. The minimum Gasteiger partial charge on any atom is -0.343 e. The largest absolute Gasteiger partial charge is 0.343 e. The van der Waals surface area contributed by atoms with Gasteiger partial charge in [-0.15, -0.1) is 0 Å². The number of carbonyl (C=O) groups is 2. The van der Waals surface area contributed by atoms with Gasteiger partial charge in [0, 0.05) is 17.4 Å². The lowest BCUT2D eigenvalue weighted by atomic mass is 9.93. The van der Waals surface area contributed by atoms with E-state index in [0.717, 1.165) is 5.56 Å². The number of nitrogens with zero attached hydrogens (tertiary/aromatic N) is 2. The molecule has 120 valence electrons. The van der Waals surface area contributed by atoms with Crippen molar-refractivity contribution in [3.63, 3.8) is 0 Å². The summed E-state index contributed by atoms with van der Waals surface area (Å²) in [5.41, 5.74) is 0.920. The topological polar surface area (TPSA) is 106 Å². The van der Waals surface area contributed by atoms with Gasteiger partial charge in [-0.1, -0.05) is 23.7 Å². The monoisotopic (exact) mass is 332 g/mol. The van der Waals surface area contributed by atoms with Crippen LogP contribution in [-0.2, 0) is 16.0 Å². The van der Waals surface area contributed by atoms with E-state index in [2.05, 4.69) is 10.6 Å². The molecule has 2 N–H and O–H groups in total. The molecule has 0 spiro atoms. The third kappa shape index (κ3) is 7.30. The zero-order chi connectivity index (χ0) is 17.1. The van der Waals surface area contributed by atoms with Gasteiger partial charge in [0.05, 0.1) is 12.1 Å². The van der Waals surface area contributed by atoms with Crippen molar-refractivity contribution < 1.29 is 9.59 Å². The molecule has 2 amide bonds. The van der Waals surface area contributed by atoms with E-state index >= 15 is 0 Å². The summed E-state index contributed by atoms with van der Waals surface area (Å²) in [7, 11) is 0. The van der Waals surface area contributed by atoms with E-state index in [1.165, 1.54) is 0 Å². The van der Waals surface area contributed by atoms with Crippen molar-refractivity contribution in [1.82, 2.24) is 10.6 Å². The van der Waals surface area contributed by atoms with Crippen LogP contribution in [0.1, 0.15) is 18.4 Å². The predicted molar refractivity (Wildman–Crippen MR) is 85.1 cm³/mol. The van der Waals surface area contributed by atoms with Gasteiger partial charge in [0.2, 0.25) is 11.8 Å². The molecule has 0 saturated heterocycles. The van der Waals surface area contributed by atoms with E-state index in [4.69, 9.17) is 22.1 Å². The van der Waals surface area contributed by atoms with E-state index in [-0.39, 0.29) is 31.3 Å². The van der Waals surface area contributed by atoms with Gasteiger partial charge in [0.1, 0.15) is 13.1 Å². The molecule has 0 aliphatic heterocycles. The lowest BCUT2D eigenvalue weighted by Crippen LogP contribution is -2.33. The standard InChI is InChI=1S/C16H17ClN4O2/c17-14-4-1-12(2-5-14)11-13(16(23)21-10-8-19)3-6-15(22)20-9-7-18/h1-2,4-5,13H,3,6,9-11H2,(H,20,22)(H,21,23)/t13-/m0/s1. The fraction of sp³-hybridized carbons (Fsp3) is 0.375. The Morgan fingerprint density at radius 2 is 1.70 bits per heavy atom. The van der Waals surface area contributed by atoms with E-state index in [1.807, 2.05) is 24.3 Å². The van der Waals surface area contributed by atoms with Crippen LogP contribution in [0, 0.1) is 28.6 Å². The fourth-order valence-electron chi connectivity index (χ4n) is 2.03. The summed E-state index contributed by atoms with van der Waals surface area (Å²) in [5, 5.41) is 22.6. The summed E-state index contributed by atoms with van der Waals surface area (Å²) in [6.07, 6.45) is 0.914. The van der Waals surface area contributed by atoms with Crippen LogP contribution in [0.3, 0.4) is 0 Å². The molecule has 7 heteroatoms. The molecule has 0 fully saturated rings. The van der Waals surface area contributed by atoms with Crippen LogP contribution < -0.4 is 10.6 Å². The van der Waals surface area contributed by atoms with E-state index < -0.39 is 5.92 Å². The Morgan fingerprint density at radius 1 is 1.09 bits per heavy atom. The number of nitriles is 2. The average Bonchev–Trinajstić information content (AvgIpc) is 2.56. The fourth-order valence-corrected chi connectivity index (χ4v) is 2.16. The highest BCUT2D eigenvalue weighted by molar-refractivity contribution is 6.30. The van der Waals surface area contributed by atoms with Crippen molar-refractivity contribution in [2.24, 2.45) is 5.92 Å². The molecule has 0 radical (unpaired) electrons. The molecule has 0 heterocycles. The first-order valence-electron chi connectivity index (χ1n) is 7.09. The van der Waals surface area contributed by atoms with Gasteiger partial charge in [-0.3, -0.25) is 9.59 Å². The zero-order valence-corrected chi connectivity index (χ0v) is 13.3. The zero-order valence-electron chi connectivity index (χ0n) is 12.5. The Morgan fingerprint density at radius 3 is 2.30 bits per heavy atom. The van der Waals surface area contributed by atoms with Crippen LogP contribution in [-0.4, -0.2) is 24.9 Å². The molecule has 1 rings (SSSR count). The normalized spacial score (nSPS) is 10.9. The number of amides is 2. The Hall–Kier alpha value is -2.57. The second-order valence-electron chi connectivity index (χ2n) is 4.88. The van der Waals surface area contributed by atoms with Crippen molar-refractivity contribution in [3.05, 3.63) is 34.9 Å². The highest BCUT2D eigenvalue weighted by atomic mass is 35.5. The minimum atomic E-state index is -0.433. The lowest BCUT2D eigenvalue weighted by molar-refractivity contribution is -0.125. The molecular weight excluding hydrogens is 316 g/mol. The average molecular weight is 333 g/mol. The summed E-state index contributed by atoms with van der Waals surface area (Å²) < 4.78 is 0. The Labute approximate surface area is 140 Å². The molecule has 0 aromatic heterocycles. The van der Waals surface area contributed by atoms with Crippen LogP contribution in [0.25, 0.3) is 0 Å². The molecule has 0 unspecified atom stereocenters. The van der Waals surface area contributed by atoms with Crippen LogP contribution >= 0.6 is 11.6 Å². The van der Waals surface area contributed by atoms with Gasteiger partial charge in [-0.2, -0.15) is 10.5 Å². The molecule has 1 aromatic carbocycles. The van der Waals surface area contributed by atoms with Crippen molar-refractivity contribution in [2.75, 3.05) is 13.1 Å². The molecule has 0 aliphatic carbocycles. The molecule has 1 aromatic rings. The number of halogens is 1. The summed E-state index contributed by atoms with van der Waals surface area (Å²) in [5.74, 6) is -0.979. The number of benzene rings is 1. The number of rotatable bonds is 8. The first-order valence-corrected chi connectivity index (χ1v) is 7.47. The second kappa shape index (κ2) is 10.2. The van der Waals surface area contributed by atoms with Crippen LogP contribution in [0.15, 0.2) is 24.3 Å². The molecule has 23 heavy (non-hydrogen) atoms. The van der Waals surface area contributed by atoms with E-state index in [1.54, 1.807) is 12.1 Å². The maximum absolute atomic E-state index is 12.1. The number of nitrogens with one attached hydrogen (secondary N) is 2. The van der Waals surface area contributed by atoms with Crippen LogP contribution in [0.5, 0.6) is 0 Å². The maximum Gasteiger partial charge on any atom is 0.224 e. The molecule has 0 saturated carbocycles. The van der Waals surface area contributed by atoms with Gasteiger partial charge in [-0.25, -0.2) is 0 Å². The van der Waals surface area contributed by atoms with Gasteiger partial charge < -0.3 is 10.6 Å². The Kier molecular flexibility index (Phi) is 8.20. The van der Waals surface area contributed by atoms with Gasteiger partial charge in [0.25, 0.3) is 0 Å². The highest BCUT2D eigenvalue weighted by Crippen LogP contribution is 2.17. The smallest absolute Gasteiger partial charge is 0.224 e. The summed E-state index contributed by atoms with van der Waals surface area (Å²) in [6, 6.07) is 10.8. The number of hydrogen-bond donors (Lipinski definition) is 2. The van der Waals surface area contributed by atoms with E-state index in [0.29, 0.717) is 17.9 Å². The molecule has 1 atom stereocenters. The third-order valence-corrected chi connectivity index (χ3v) is 3.44. The molecule has 0 bridgehead atoms. The second-order valence-corrected chi connectivity index (χ2v) is 5.31. The van der Waals surface area contributed by atoms with Crippen LogP contribution in [0.4, 0.5) is 0 Å². The molecule has 6 nitrogen and oxygen atoms in total. The maximum atomic E-state index is 12.1. The SMILES string of the molecule is N#CCNC(=O)CC[C@@H](Cc1ccc(Cl)cc1)C(=O)NCC#N. The quantitative estimate of drug-likeness (QED) is 0.704. The first kappa shape index (κ1) is 18.5. The van der Waals surface area contributed by atoms with Crippen molar-refractivity contribution in [2.45, 2.75) is 19.3 Å². The molecule has 0 aliphatic rings. The van der Waals surface area contributed by atoms with E-state index in [9.17, 15) is 9.59 Å². The highest BCUT2D eigenvalue weighted by Gasteiger charge is 2.20. The first-order chi connectivity index (χ1) is 11.1. The van der Waals surface area contributed by atoms with Gasteiger partial charge in [-0.05, 0) is 30.5 Å². The Balaban J connectivity index is 2.67. The Bertz CT molecular complexity index is 616. The predicted octanol–water partition coefficient (Wildman–Crippen LogP) is 1.56. The molecular formula is C16H17ClN4O2. The van der Waals surface area contributed by atoms with Crippen molar-refractivity contribution >= 4 is 23.4 Å². The van der Waals surface area contributed by atoms with Crippen LogP contribution in [0.2, 0.25) is 5.02 Å². The minimum absolute atomic E-state index is 0.0543. The third-order valence-electron chi connectivity index (χ3n) is 3.19. The van der Waals surface area contributed by atoms with Crippen molar-refractivity contribution in [1.29, 1.82) is 10.5 Å². The number of hydrogen-bond acceptors (Lipinski definition) is 4. The van der Waals surface area contributed by atoms with Gasteiger partial charge in [0.15, 0.2) is 0 Å².